The van der Waals surface area contributed by atoms with Gasteiger partial charge in [0.15, 0.2) is 0 Å². The van der Waals surface area contributed by atoms with Gasteiger partial charge in [-0.2, -0.15) is 33.7 Å². The molecular weight excluding hydrogens is 518 g/mol. The molecule has 0 radical (unpaired) electrons. The molecule has 0 amide bonds. The van der Waals surface area contributed by atoms with Gasteiger partial charge in [0, 0.05) is 0 Å². The molecule has 0 aliphatic carbocycles. The van der Waals surface area contributed by atoms with Crippen molar-refractivity contribution in [2.75, 3.05) is 19.6 Å². The molecule has 0 saturated carbocycles. The second kappa shape index (κ2) is 20.2. The van der Waals surface area contributed by atoms with Crippen molar-refractivity contribution in [3.05, 3.63) is 0 Å². The summed E-state index contributed by atoms with van der Waals surface area (Å²) in [7, 11) is -20.7. The highest BCUT2D eigenvalue weighted by Crippen LogP contribution is 1.94. The number of halogens is 4. The molecule has 0 aromatic carbocycles. The lowest BCUT2D eigenvalue weighted by Crippen LogP contribution is -2.25. The second-order valence-corrected chi connectivity index (χ2v) is 7.79. The fourth-order valence-electron chi connectivity index (χ4n) is 1.28. The summed E-state index contributed by atoms with van der Waals surface area (Å²) in [6, 6.07) is 0. The topological polar surface area (TPSA) is 221 Å². The van der Waals surface area contributed by atoms with Crippen LogP contribution in [0.3, 0.4) is 0 Å². The smallest absolute Gasteiger partial charge is 0.303 e. The van der Waals surface area contributed by atoms with Crippen LogP contribution in [-0.2, 0) is 42.0 Å². The Hall–Kier alpha value is -0.680. The van der Waals surface area contributed by atoms with Crippen molar-refractivity contribution >= 4 is 42.0 Å². The largest absolute Gasteiger partial charge is 0.435 e. The van der Waals surface area contributed by atoms with Crippen LogP contribution in [0.4, 0.5) is 15.5 Å². The molecule has 30 heavy (non-hydrogen) atoms. The molecule has 0 aliphatic heterocycles. The fraction of sp³-hybridized carbons (Fsp3) is 1.00. The Kier molecular flexibility index (Phi) is 26.8. The Morgan fingerprint density at radius 3 is 0.667 bits per heavy atom. The molecule has 0 aromatic heterocycles. The van der Waals surface area contributed by atoms with Gasteiger partial charge in [-0.3, -0.25) is 18.2 Å². The van der Waals surface area contributed by atoms with Crippen LogP contribution in [0.1, 0.15) is 40.0 Å². The van der Waals surface area contributed by atoms with Crippen LogP contribution in [0.25, 0.3) is 0 Å². The molecule has 0 aliphatic rings. The zero-order valence-electron chi connectivity index (χ0n) is 15.9. The van der Waals surface area contributed by atoms with Crippen LogP contribution in [0.5, 0.6) is 0 Å². The molecule has 4 N–H and O–H groups in total. The highest BCUT2D eigenvalue weighted by Gasteiger charge is 1.98. The molecule has 0 bridgehead atoms. The van der Waals surface area contributed by atoms with E-state index >= 15 is 0 Å². The highest BCUT2D eigenvalue weighted by atomic mass is 32.3. The fourth-order valence-corrected chi connectivity index (χ4v) is 1.28. The minimum atomic E-state index is -5.17. The van der Waals surface area contributed by atoms with Gasteiger partial charge >= 0.3 is 42.0 Å². The van der Waals surface area contributed by atoms with Gasteiger partial charge < -0.3 is 4.90 Å². The van der Waals surface area contributed by atoms with Crippen LogP contribution < -0.4 is 0 Å². The zero-order chi connectivity index (χ0) is 25.8. The van der Waals surface area contributed by atoms with Crippen molar-refractivity contribution in [3.8, 4) is 0 Å². The predicted octanol–water partition coefficient (Wildman–Crippen LogP) is 1.55. The number of rotatable bonds is 6. The van der Waals surface area contributed by atoms with Gasteiger partial charge in [0.1, 0.15) is 0 Å². The Bertz CT molecular complexity index is 632. The van der Waals surface area contributed by atoms with E-state index in [2.05, 4.69) is 25.7 Å². The molecule has 0 spiro atoms. The summed E-state index contributed by atoms with van der Waals surface area (Å²) < 4.78 is 136. The van der Waals surface area contributed by atoms with Gasteiger partial charge in [0.25, 0.3) is 0 Å². The number of hydrogen-bond donors (Lipinski definition) is 4. The van der Waals surface area contributed by atoms with Crippen molar-refractivity contribution in [2.24, 2.45) is 0 Å². The Labute approximate surface area is 174 Å². The third kappa shape index (κ3) is 273. The Morgan fingerprint density at radius 2 is 0.600 bits per heavy atom. The quantitative estimate of drug-likeness (QED) is 0.212. The van der Waals surface area contributed by atoms with Crippen molar-refractivity contribution in [1.29, 1.82) is 0 Å². The standard InChI is InChI=1S/C9H21N.4FHO3S/c1-4-7-10(8-5-2)9-6-3;4*1-5(2,3)4/h4-9H2,1-3H3;4*(H,2,3,4). The van der Waals surface area contributed by atoms with E-state index in [1.165, 1.54) is 38.9 Å². The van der Waals surface area contributed by atoms with E-state index in [4.69, 9.17) is 51.9 Å². The first kappa shape index (κ1) is 39.8. The molecule has 0 atom stereocenters. The van der Waals surface area contributed by atoms with Crippen LogP contribution in [0.15, 0.2) is 0 Å². The molecule has 0 unspecified atom stereocenters. The highest BCUT2D eigenvalue weighted by molar-refractivity contribution is 7.81. The van der Waals surface area contributed by atoms with E-state index < -0.39 is 42.0 Å². The maximum atomic E-state index is 10.2. The third-order valence-electron chi connectivity index (χ3n) is 1.62. The molecule has 13 nitrogen and oxygen atoms in total. The van der Waals surface area contributed by atoms with Crippen molar-refractivity contribution in [1.82, 2.24) is 4.90 Å². The lowest BCUT2D eigenvalue weighted by molar-refractivity contribution is 0.275. The van der Waals surface area contributed by atoms with Crippen LogP contribution in [0, 0.1) is 0 Å². The molecule has 21 heteroatoms. The Balaban J connectivity index is -0.0000000908. The zero-order valence-corrected chi connectivity index (χ0v) is 19.2. The second-order valence-electron chi connectivity index (χ2n) is 4.49. The van der Waals surface area contributed by atoms with E-state index in [-0.39, 0.29) is 0 Å². The van der Waals surface area contributed by atoms with Gasteiger partial charge in [-0.25, -0.2) is 0 Å². The molecule has 0 aromatic rings. The summed E-state index contributed by atoms with van der Waals surface area (Å²) in [5.41, 5.74) is 0. The first-order valence-corrected chi connectivity index (χ1v) is 12.6. The van der Waals surface area contributed by atoms with Crippen LogP contribution in [0.2, 0.25) is 0 Å². The van der Waals surface area contributed by atoms with Gasteiger partial charge in [-0.15, -0.1) is 0 Å². The molecule has 0 saturated heterocycles. The minimum Gasteiger partial charge on any atom is -0.303 e. The van der Waals surface area contributed by atoms with Gasteiger partial charge in [0.2, 0.25) is 0 Å². The predicted molar refractivity (Wildman–Crippen MR) is 97.9 cm³/mol. The van der Waals surface area contributed by atoms with Crippen LogP contribution in [-0.4, -0.2) is 76.4 Å². The summed E-state index contributed by atoms with van der Waals surface area (Å²) in [5, 5.41) is 0. The van der Waals surface area contributed by atoms with E-state index in [0.29, 0.717) is 0 Å². The summed E-state index contributed by atoms with van der Waals surface area (Å²) >= 11 is 0. The summed E-state index contributed by atoms with van der Waals surface area (Å²) in [6.45, 7) is 10.6. The van der Waals surface area contributed by atoms with Crippen molar-refractivity contribution < 1.29 is 67.4 Å². The maximum absolute atomic E-state index is 10.2. The lowest BCUT2D eigenvalue weighted by Gasteiger charge is -2.19. The average Bonchev–Trinajstić information content (AvgIpc) is 2.31. The SMILES string of the molecule is CCCN(CCC)CCC.O=S(=O)(O)F.O=S(=O)(O)F.O=S(=O)(O)F.O=S(=O)(O)F. The maximum Gasteiger partial charge on any atom is 0.435 e. The number of hydrogen-bond acceptors (Lipinski definition) is 9. The third-order valence-corrected chi connectivity index (χ3v) is 1.62. The monoisotopic (exact) mass is 543 g/mol. The molecule has 0 fully saturated rings. The minimum absolute atomic E-state index is 1.28. The molecular formula is C9H25F4NO12S4. The normalized spacial score (nSPS) is 11.3. The summed E-state index contributed by atoms with van der Waals surface area (Å²) in [4.78, 5) is 2.54. The molecule has 0 heterocycles. The van der Waals surface area contributed by atoms with E-state index in [9.17, 15) is 15.5 Å². The van der Waals surface area contributed by atoms with E-state index in [1.807, 2.05) is 0 Å². The van der Waals surface area contributed by atoms with Crippen LogP contribution >= 0.6 is 0 Å². The Morgan fingerprint density at radius 1 is 0.500 bits per heavy atom. The van der Waals surface area contributed by atoms with Crippen molar-refractivity contribution in [3.63, 3.8) is 0 Å². The van der Waals surface area contributed by atoms with E-state index in [0.717, 1.165) is 0 Å². The first-order valence-electron chi connectivity index (χ1n) is 7.25. The van der Waals surface area contributed by atoms with E-state index in [1.54, 1.807) is 0 Å². The lowest BCUT2D eigenvalue weighted by atomic mass is 10.3. The molecule has 190 valence electrons. The first-order chi connectivity index (χ1) is 12.8. The number of nitrogens with zero attached hydrogens (tertiary/aromatic N) is 1. The van der Waals surface area contributed by atoms with Crippen molar-refractivity contribution in [2.45, 2.75) is 40.0 Å². The molecule has 0 rings (SSSR count). The van der Waals surface area contributed by atoms with Gasteiger partial charge in [-0.05, 0) is 38.9 Å². The average molecular weight is 544 g/mol. The van der Waals surface area contributed by atoms with Gasteiger partial charge in [0.05, 0.1) is 0 Å². The summed E-state index contributed by atoms with van der Waals surface area (Å²) in [5.74, 6) is 0. The summed E-state index contributed by atoms with van der Waals surface area (Å²) in [6.07, 6.45) is 3.88. The van der Waals surface area contributed by atoms with Gasteiger partial charge in [-0.1, -0.05) is 36.3 Å².